The Morgan fingerprint density at radius 3 is 2.58 bits per heavy atom. The van der Waals surface area contributed by atoms with Crippen molar-refractivity contribution in [3.05, 3.63) is 41.3 Å². The van der Waals surface area contributed by atoms with Gasteiger partial charge in [0.1, 0.15) is 5.03 Å². The minimum absolute atomic E-state index is 0.0280. The summed E-state index contributed by atoms with van der Waals surface area (Å²) in [6.45, 7) is 3.79. The number of pyridine rings is 1. The van der Waals surface area contributed by atoms with E-state index in [0.717, 1.165) is 11.1 Å². The molecule has 0 aliphatic carbocycles. The van der Waals surface area contributed by atoms with Crippen LogP contribution in [-0.4, -0.2) is 26.0 Å². The summed E-state index contributed by atoms with van der Waals surface area (Å²) in [6, 6.07) is 1.80. The van der Waals surface area contributed by atoms with Gasteiger partial charge in [0.25, 0.3) is 0 Å². The molecule has 0 spiro atoms. The molecule has 98 valence electrons. The molecule has 0 bridgehead atoms. The number of nitrogens with two attached hydrogens (primary N) is 1. The van der Waals surface area contributed by atoms with E-state index >= 15 is 0 Å². The quantitative estimate of drug-likeness (QED) is 0.291. The number of aryl methyl sites for hydroxylation is 2. The summed E-state index contributed by atoms with van der Waals surface area (Å²) in [6.07, 6.45) is 5.13. The first-order valence-corrected chi connectivity index (χ1v) is 6.33. The van der Waals surface area contributed by atoms with Crippen molar-refractivity contribution in [2.45, 2.75) is 24.0 Å². The standard InChI is InChI=1S/C12H13N5OS/c1-7-5-15-12(16-6-7)19-11-9(10(13)17-18)8(2)3-4-14-11/h3-6,18H,1-2H3,(H2,13,17). The van der Waals surface area contributed by atoms with Gasteiger partial charge in [0.05, 0.1) is 5.56 Å². The minimum Gasteiger partial charge on any atom is -0.409 e. The smallest absolute Gasteiger partial charge is 0.193 e. The zero-order valence-corrected chi connectivity index (χ0v) is 11.3. The van der Waals surface area contributed by atoms with Crippen LogP contribution in [0.25, 0.3) is 0 Å². The number of amidine groups is 1. The van der Waals surface area contributed by atoms with Crippen molar-refractivity contribution < 1.29 is 5.21 Å². The Labute approximate surface area is 114 Å². The Balaban J connectivity index is 2.40. The number of oxime groups is 1. The molecule has 0 atom stereocenters. The third kappa shape index (κ3) is 3.00. The number of aromatic nitrogens is 3. The molecule has 2 heterocycles. The first-order chi connectivity index (χ1) is 9.11. The zero-order valence-electron chi connectivity index (χ0n) is 10.5. The van der Waals surface area contributed by atoms with Crippen LogP contribution >= 0.6 is 11.8 Å². The highest BCUT2D eigenvalue weighted by atomic mass is 32.2. The van der Waals surface area contributed by atoms with E-state index in [1.807, 2.05) is 13.8 Å². The highest BCUT2D eigenvalue weighted by Crippen LogP contribution is 2.27. The maximum absolute atomic E-state index is 8.83. The van der Waals surface area contributed by atoms with Crippen LogP contribution in [0.4, 0.5) is 0 Å². The van der Waals surface area contributed by atoms with Crippen LogP contribution in [0.1, 0.15) is 16.7 Å². The van der Waals surface area contributed by atoms with Crippen LogP contribution in [0.5, 0.6) is 0 Å². The first-order valence-electron chi connectivity index (χ1n) is 5.52. The van der Waals surface area contributed by atoms with Crippen molar-refractivity contribution in [2.24, 2.45) is 10.9 Å². The van der Waals surface area contributed by atoms with E-state index in [-0.39, 0.29) is 5.84 Å². The maximum Gasteiger partial charge on any atom is 0.193 e. The summed E-state index contributed by atoms with van der Waals surface area (Å²) in [5.74, 6) is 0.0280. The van der Waals surface area contributed by atoms with E-state index in [1.54, 1.807) is 24.7 Å². The average molecular weight is 275 g/mol. The van der Waals surface area contributed by atoms with E-state index in [0.29, 0.717) is 15.7 Å². The van der Waals surface area contributed by atoms with Gasteiger partial charge in [-0.25, -0.2) is 15.0 Å². The Morgan fingerprint density at radius 2 is 1.95 bits per heavy atom. The van der Waals surface area contributed by atoms with Gasteiger partial charge in [-0.2, -0.15) is 0 Å². The molecular formula is C12H13N5OS. The fourth-order valence-corrected chi connectivity index (χ4v) is 2.36. The van der Waals surface area contributed by atoms with Crippen molar-refractivity contribution in [3.63, 3.8) is 0 Å². The molecule has 0 saturated heterocycles. The summed E-state index contributed by atoms with van der Waals surface area (Å²) in [4.78, 5) is 12.6. The lowest BCUT2D eigenvalue weighted by Gasteiger charge is -2.08. The van der Waals surface area contributed by atoms with E-state index in [2.05, 4.69) is 20.1 Å². The Morgan fingerprint density at radius 1 is 1.26 bits per heavy atom. The molecule has 0 radical (unpaired) electrons. The fraction of sp³-hybridized carbons (Fsp3) is 0.167. The van der Waals surface area contributed by atoms with Crippen LogP contribution in [0, 0.1) is 13.8 Å². The van der Waals surface area contributed by atoms with Gasteiger partial charge >= 0.3 is 0 Å². The minimum atomic E-state index is 0.0280. The number of nitrogens with zero attached hydrogens (tertiary/aromatic N) is 4. The van der Waals surface area contributed by atoms with Crippen LogP contribution in [0.3, 0.4) is 0 Å². The monoisotopic (exact) mass is 275 g/mol. The van der Waals surface area contributed by atoms with Gasteiger partial charge in [-0.1, -0.05) is 5.16 Å². The van der Waals surface area contributed by atoms with Crippen molar-refractivity contribution in [1.29, 1.82) is 0 Å². The van der Waals surface area contributed by atoms with Crippen LogP contribution in [0.15, 0.2) is 40.0 Å². The molecule has 2 aromatic rings. The molecule has 0 amide bonds. The SMILES string of the molecule is Cc1cnc(Sc2nccc(C)c2/C(N)=N/O)nc1. The second-order valence-electron chi connectivity index (χ2n) is 3.94. The third-order valence-corrected chi connectivity index (χ3v) is 3.33. The molecule has 19 heavy (non-hydrogen) atoms. The third-order valence-electron chi connectivity index (χ3n) is 2.43. The van der Waals surface area contributed by atoms with E-state index in [4.69, 9.17) is 10.9 Å². The van der Waals surface area contributed by atoms with Gasteiger partial charge in [0.15, 0.2) is 11.0 Å². The number of hydrogen-bond acceptors (Lipinski definition) is 6. The van der Waals surface area contributed by atoms with Crippen molar-refractivity contribution in [3.8, 4) is 0 Å². The predicted octanol–water partition coefficient (Wildman–Crippen LogP) is 1.73. The molecule has 0 aliphatic heterocycles. The van der Waals surface area contributed by atoms with Crippen molar-refractivity contribution in [2.75, 3.05) is 0 Å². The first kappa shape index (κ1) is 13.3. The lowest BCUT2D eigenvalue weighted by Crippen LogP contribution is -2.16. The fourth-order valence-electron chi connectivity index (χ4n) is 1.49. The second-order valence-corrected chi connectivity index (χ2v) is 4.89. The Bertz CT molecular complexity index is 612. The van der Waals surface area contributed by atoms with Crippen molar-refractivity contribution in [1.82, 2.24) is 15.0 Å². The summed E-state index contributed by atoms with van der Waals surface area (Å²) >= 11 is 1.28. The molecule has 7 heteroatoms. The van der Waals surface area contributed by atoms with E-state index in [1.165, 1.54) is 11.8 Å². The zero-order chi connectivity index (χ0) is 13.8. The van der Waals surface area contributed by atoms with E-state index < -0.39 is 0 Å². The van der Waals surface area contributed by atoms with Gasteiger partial charge in [-0.05, 0) is 42.8 Å². The van der Waals surface area contributed by atoms with Gasteiger partial charge in [0, 0.05) is 18.6 Å². The second kappa shape index (κ2) is 5.66. The maximum atomic E-state index is 8.83. The molecule has 2 aromatic heterocycles. The number of rotatable bonds is 3. The summed E-state index contributed by atoms with van der Waals surface area (Å²) < 4.78 is 0. The molecule has 3 N–H and O–H groups in total. The molecule has 6 nitrogen and oxygen atoms in total. The predicted molar refractivity (Wildman–Crippen MR) is 72.4 cm³/mol. The van der Waals surface area contributed by atoms with Crippen LogP contribution in [-0.2, 0) is 0 Å². The molecule has 0 saturated carbocycles. The van der Waals surface area contributed by atoms with E-state index in [9.17, 15) is 0 Å². The molecular weight excluding hydrogens is 262 g/mol. The van der Waals surface area contributed by atoms with Crippen LogP contribution in [0.2, 0.25) is 0 Å². The Hall–Kier alpha value is -2.15. The highest BCUT2D eigenvalue weighted by Gasteiger charge is 2.14. The summed E-state index contributed by atoms with van der Waals surface area (Å²) in [5.41, 5.74) is 8.14. The van der Waals surface area contributed by atoms with Gasteiger partial charge in [-0.15, -0.1) is 0 Å². The molecule has 0 aromatic carbocycles. The summed E-state index contributed by atoms with van der Waals surface area (Å²) in [5, 5.41) is 13.0. The molecule has 0 fully saturated rings. The normalized spacial score (nSPS) is 11.6. The topological polar surface area (TPSA) is 97.3 Å². The largest absolute Gasteiger partial charge is 0.409 e. The Kier molecular flexibility index (Phi) is 3.96. The van der Waals surface area contributed by atoms with Gasteiger partial charge in [-0.3, -0.25) is 0 Å². The lowest BCUT2D eigenvalue weighted by atomic mass is 10.1. The summed E-state index contributed by atoms with van der Waals surface area (Å²) in [7, 11) is 0. The molecule has 0 unspecified atom stereocenters. The van der Waals surface area contributed by atoms with Gasteiger partial charge < -0.3 is 10.9 Å². The van der Waals surface area contributed by atoms with Gasteiger partial charge in [0.2, 0.25) is 0 Å². The highest BCUT2D eigenvalue weighted by molar-refractivity contribution is 7.99. The average Bonchev–Trinajstić information content (AvgIpc) is 2.41. The molecule has 2 rings (SSSR count). The van der Waals surface area contributed by atoms with Crippen LogP contribution < -0.4 is 5.73 Å². The van der Waals surface area contributed by atoms with Crippen molar-refractivity contribution >= 4 is 17.6 Å². The molecule has 0 aliphatic rings. The lowest BCUT2D eigenvalue weighted by molar-refractivity contribution is 0.318. The number of hydrogen-bond donors (Lipinski definition) is 2.